The Kier molecular flexibility index (Phi) is 4.98. The lowest BCUT2D eigenvalue weighted by Crippen LogP contribution is -2.05. The van der Waals surface area contributed by atoms with Crippen molar-refractivity contribution in [3.63, 3.8) is 0 Å². The van der Waals surface area contributed by atoms with E-state index in [1.807, 2.05) is 26.1 Å². The summed E-state index contributed by atoms with van der Waals surface area (Å²) >= 11 is 0. The highest BCUT2D eigenvalue weighted by atomic mass is 16.5. The highest BCUT2D eigenvalue weighted by molar-refractivity contribution is 5.91. The van der Waals surface area contributed by atoms with Crippen molar-refractivity contribution in [3.8, 4) is 5.75 Å². The zero-order valence-corrected chi connectivity index (χ0v) is 14.6. The second kappa shape index (κ2) is 6.77. The molecule has 0 unspecified atom stereocenters. The molecule has 0 spiro atoms. The minimum Gasteiger partial charge on any atom is -0.495 e. The van der Waals surface area contributed by atoms with Gasteiger partial charge in [-0.1, -0.05) is 0 Å². The molecule has 1 aromatic heterocycles. The number of benzene rings is 1. The van der Waals surface area contributed by atoms with E-state index in [0.717, 1.165) is 17.0 Å². The van der Waals surface area contributed by atoms with E-state index in [0.29, 0.717) is 12.3 Å². The first-order chi connectivity index (χ1) is 10.9. The van der Waals surface area contributed by atoms with Crippen LogP contribution in [0.5, 0.6) is 5.75 Å². The average molecular weight is 316 g/mol. The van der Waals surface area contributed by atoms with Crippen LogP contribution in [0, 0.1) is 13.8 Å². The fraction of sp³-hybridized carbons (Fsp3) is 0.389. The molecule has 0 fully saturated rings. The molecule has 2 rings (SSSR count). The molecule has 5 heteroatoms. The number of aryl methyl sites for hydroxylation is 2. The van der Waals surface area contributed by atoms with Crippen molar-refractivity contribution in [1.82, 2.24) is 4.57 Å². The van der Waals surface area contributed by atoms with E-state index in [1.54, 1.807) is 14.0 Å². The summed E-state index contributed by atoms with van der Waals surface area (Å²) in [6.45, 7) is 8.17. The van der Waals surface area contributed by atoms with Crippen LogP contribution in [0.1, 0.15) is 25.1 Å². The number of hydrogen-bond acceptors (Lipinski definition) is 4. The van der Waals surface area contributed by atoms with Crippen molar-refractivity contribution in [3.05, 3.63) is 35.2 Å². The van der Waals surface area contributed by atoms with Gasteiger partial charge in [0.2, 0.25) is 0 Å². The minimum absolute atomic E-state index is 0.358. The summed E-state index contributed by atoms with van der Waals surface area (Å²) in [5, 5.41) is 4.39. The third kappa shape index (κ3) is 3.33. The van der Waals surface area contributed by atoms with Crippen molar-refractivity contribution in [2.24, 2.45) is 7.05 Å². The Bertz CT molecular complexity index is 772. The van der Waals surface area contributed by atoms with Crippen molar-refractivity contribution in [2.75, 3.05) is 19.0 Å². The zero-order chi connectivity index (χ0) is 17.1. The molecule has 2 aromatic rings. The summed E-state index contributed by atoms with van der Waals surface area (Å²) in [6.07, 6.45) is 1.44. The van der Waals surface area contributed by atoms with E-state index in [2.05, 4.69) is 23.7 Å². The van der Waals surface area contributed by atoms with Gasteiger partial charge in [-0.15, -0.1) is 0 Å². The van der Waals surface area contributed by atoms with Crippen LogP contribution in [-0.4, -0.2) is 24.3 Å². The summed E-state index contributed by atoms with van der Waals surface area (Å²) in [5.74, 6) is 0.380. The summed E-state index contributed by atoms with van der Waals surface area (Å²) in [5.41, 5.74) is 5.10. The first-order valence-corrected chi connectivity index (χ1v) is 7.64. The van der Waals surface area contributed by atoms with E-state index < -0.39 is 0 Å². The number of ether oxygens (including phenoxy) is 2. The maximum Gasteiger partial charge on any atom is 0.332 e. The Hall–Kier alpha value is -2.43. The normalized spacial score (nSPS) is 11.7. The number of esters is 1. The summed E-state index contributed by atoms with van der Waals surface area (Å²) < 4.78 is 12.6. The quantitative estimate of drug-likeness (QED) is 0.675. The first-order valence-electron chi connectivity index (χ1n) is 7.64. The van der Waals surface area contributed by atoms with Crippen molar-refractivity contribution in [1.29, 1.82) is 0 Å². The lowest BCUT2D eigenvalue weighted by Gasteiger charge is -2.13. The van der Waals surface area contributed by atoms with E-state index >= 15 is 0 Å². The van der Waals surface area contributed by atoms with Crippen LogP contribution in [0.25, 0.3) is 10.9 Å². The molecule has 0 saturated heterocycles. The Labute approximate surface area is 136 Å². The van der Waals surface area contributed by atoms with Crippen LogP contribution < -0.4 is 10.1 Å². The molecule has 0 radical (unpaired) electrons. The van der Waals surface area contributed by atoms with Gasteiger partial charge in [0.15, 0.2) is 0 Å². The van der Waals surface area contributed by atoms with Crippen molar-refractivity contribution >= 4 is 22.6 Å². The molecule has 5 nitrogen and oxygen atoms in total. The van der Waals surface area contributed by atoms with Gasteiger partial charge < -0.3 is 19.4 Å². The maximum absolute atomic E-state index is 11.5. The molecule has 0 bridgehead atoms. The second-order valence-electron chi connectivity index (χ2n) is 5.54. The molecule has 1 N–H and O–H groups in total. The molecule has 23 heavy (non-hydrogen) atoms. The lowest BCUT2D eigenvalue weighted by molar-refractivity contribution is -0.137. The van der Waals surface area contributed by atoms with Gasteiger partial charge in [-0.2, -0.15) is 0 Å². The molecule has 0 atom stereocenters. The largest absolute Gasteiger partial charge is 0.495 e. The fourth-order valence-corrected chi connectivity index (χ4v) is 2.65. The van der Waals surface area contributed by atoms with Gasteiger partial charge in [-0.25, -0.2) is 4.79 Å². The standard InChI is InChI=1S/C18H24N2O3/c1-7-23-18(21)8-11(2)19-15-10-16-14(9-17(15)22-6)12(3)13(4)20(16)5/h8-10,19H,7H2,1-6H3/b11-8-. The number of rotatable bonds is 5. The number of anilines is 1. The smallest absolute Gasteiger partial charge is 0.332 e. The molecule has 0 amide bonds. The Morgan fingerprint density at radius 1 is 1.35 bits per heavy atom. The van der Waals surface area contributed by atoms with Crippen LogP contribution >= 0.6 is 0 Å². The predicted octanol–water partition coefficient (Wildman–Crippen LogP) is 3.68. The zero-order valence-electron chi connectivity index (χ0n) is 14.6. The number of fused-ring (bicyclic) bond motifs is 1. The van der Waals surface area contributed by atoms with E-state index in [4.69, 9.17) is 9.47 Å². The number of nitrogens with zero attached hydrogens (tertiary/aromatic N) is 1. The van der Waals surface area contributed by atoms with E-state index in [1.165, 1.54) is 22.7 Å². The topological polar surface area (TPSA) is 52.5 Å². The molecule has 0 aliphatic carbocycles. The number of hydrogen-bond donors (Lipinski definition) is 1. The first kappa shape index (κ1) is 16.9. The summed E-state index contributed by atoms with van der Waals surface area (Å²) in [6, 6.07) is 4.06. The van der Waals surface area contributed by atoms with Crippen molar-refractivity contribution in [2.45, 2.75) is 27.7 Å². The number of nitrogens with one attached hydrogen (secondary N) is 1. The number of methoxy groups -OCH3 is 1. The minimum atomic E-state index is -0.358. The molecule has 0 saturated carbocycles. The van der Waals surface area contributed by atoms with Gasteiger partial charge >= 0.3 is 5.97 Å². The third-order valence-corrected chi connectivity index (χ3v) is 4.08. The van der Waals surface area contributed by atoms with Gasteiger partial charge in [0.25, 0.3) is 0 Å². The molecule has 0 aliphatic heterocycles. The van der Waals surface area contributed by atoms with Gasteiger partial charge in [0.05, 0.1) is 24.9 Å². The Morgan fingerprint density at radius 3 is 2.65 bits per heavy atom. The summed E-state index contributed by atoms with van der Waals surface area (Å²) in [7, 11) is 3.68. The van der Waals surface area contributed by atoms with Crippen LogP contribution in [0.2, 0.25) is 0 Å². The van der Waals surface area contributed by atoms with Gasteiger partial charge in [-0.05, 0) is 45.4 Å². The second-order valence-corrected chi connectivity index (χ2v) is 5.54. The van der Waals surface area contributed by atoms with E-state index in [-0.39, 0.29) is 5.97 Å². The maximum atomic E-state index is 11.5. The fourth-order valence-electron chi connectivity index (χ4n) is 2.65. The third-order valence-electron chi connectivity index (χ3n) is 4.08. The molecule has 124 valence electrons. The number of aromatic nitrogens is 1. The molecule has 1 heterocycles. The predicted molar refractivity (Wildman–Crippen MR) is 93.0 cm³/mol. The van der Waals surface area contributed by atoms with Gasteiger partial charge in [-0.3, -0.25) is 0 Å². The van der Waals surface area contributed by atoms with Crippen LogP contribution in [0.4, 0.5) is 5.69 Å². The lowest BCUT2D eigenvalue weighted by atomic mass is 10.1. The van der Waals surface area contributed by atoms with Gasteiger partial charge in [0, 0.05) is 29.9 Å². The highest BCUT2D eigenvalue weighted by Crippen LogP contribution is 2.34. The van der Waals surface area contributed by atoms with Crippen molar-refractivity contribution < 1.29 is 14.3 Å². The summed E-state index contributed by atoms with van der Waals surface area (Å²) in [4.78, 5) is 11.5. The monoisotopic (exact) mass is 316 g/mol. The number of allylic oxidation sites excluding steroid dienone is 1. The van der Waals surface area contributed by atoms with Gasteiger partial charge in [0.1, 0.15) is 5.75 Å². The van der Waals surface area contributed by atoms with Crippen LogP contribution in [-0.2, 0) is 16.6 Å². The molecule has 0 aliphatic rings. The SMILES string of the molecule is CCOC(=O)/C=C(/C)Nc1cc2c(cc1OC)c(C)c(C)n2C. The van der Waals surface area contributed by atoms with E-state index in [9.17, 15) is 4.79 Å². The molecular weight excluding hydrogens is 292 g/mol. The number of carbonyl (C=O) groups excluding carboxylic acids is 1. The average Bonchev–Trinajstić information content (AvgIpc) is 2.71. The van der Waals surface area contributed by atoms with Crippen LogP contribution in [0.15, 0.2) is 23.9 Å². The molecular formula is C18H24N2O3. The Morgan fingerprint density at radius 2 is 2.04 bits per heavy atom. The Balaban J connectivity index is 2.44. The number of carbonyl (C=O) groups is 1. The highest BCUT2D eigenvalue weighted by Gasteiger charge is 2.13. The van der Waals surface area contributed by atoms with Crippen LogP contribution in [0.3, 0.4) is 0 Å². The molecule has 1 aromatic carbocycles.